The molecule has 1 N–H and O–H groups in total. The molecular weight excluding hydrogens is 350 g/mol. The number of hydrogen-bond donors (Lipinski definition) is 1. The molecule has 1 fully saturated rings. The third kappa shape index (κ3) is 3.63. The summed E-state index contributed by atoms with van der Waals surface area (Å²) in [5.74, 6) is -0.371. The van der Waals surface area contributed by atoms with E-state index in [-0.39, 0.29) is 12.2 Å². The van der Waals surface area contributed by atoms with Crippen LogP contribution in [-0.2, 0) is 28.1 Å². The monoisotopic (exact) mass is 373 g/mol. The summed E-state index contributed by atoms with van der Waals surface area (Å²) in [6.07, 6.45) is 3.13. The molecule has 0 unspecified atom stereocenters. The normalized spacial score (nSPS) is 19.2. The molecule has 2 aliphatic heterocycles. The number of fused-ring (bicyclic) bond motifs is 2. The van der Waals surface area contributed by atoms with Crippen LogP contribution in [0.3, 0.4) is 0 Å². The molecule has 0 bridgehead atoms. The second-order valence-electron chi connectivity index (χ2n) is 6.97. The molecule has 0 amide bonds. The van der Waals surface area contributed by atoms with Crippen molar-refractivity contribution in [1.29, 1.82) is 0 Å². The Labute approximate surface area is 157 Å². The number of thiophene rings is 1. The minimum atomic E-state index is -0.963. The molecule has 26 heavy (non-hydrogen) atoms. The molecule has 1 aromatic carbocycles. The lowest BCUT2D eigenvalue weighted by molar-refractivity contribution is -0.139. The molecule has 0 aliphatic carbocycles. The van der Waals surface area contributed by atoms with E-state index in [9.17, 15) is 4.79 Å². The highest BCUT2D eigenvalue weighted by Crippen LogP contribution is 2.44. The van der Waals surface area contributed by atoms with Crippen molar-refractivity contribution in [3.8, 4) is 5.75 Å². The molecule has 138 valence electrons. The highest BCUT2D eigenvalue weighted by Gasteiger charge is 2.41. The molecular formula is C20H23NO4S. The van der Waals surface area contributed by atoms with Crippen LogP contribution >= 0.6 is 11.3 Å². The summed E-state index contributed by atoms with van der Waals surface area (Å²) in [7, 11) is 0. The first-order valence-corrected chi connectivity index (χ1v) is 9.89. The third-order valence-corrected chi connectivity index (χ3v) is 6.41. The predicted octanol–water partition coefficient (Wildman–Crippen LogP) is 3.28. The Balaban J connectivity index is 1.34. The molecule has 0 atom stereocenters. The van der Waals surface area contributed by atoms with Crippen molar-refractivity contribution in [2.75, 3.05) is 26.3 Å². The molecule has 1 spiro atoms. The van der Waals surface area contributed by atoms with E-state index in [2.05, 4.69) is 16.3 Å². The van der Waals surface area contributed by atoms with E-state index in [0.29, 0.717) is 5.75 Å². The van der Waals surface area contributed by atoms with Crippen LogP contribution in [-0.4, -0.2) is 42.3 Å². The fourth-order valence-corrected chi connectivity index (χ4v) is 5.06. The number of hydrogen-bond acceptors (Lipinski definition) is 5. The maximum atomic E-state index is 10.5. The van der Waals surface area contributed by atoms with Gasteiger partial charge in [0.15, 0.2) is 6.61 Å². The zero-order chi connectivity index (χ0) is 18.0. The second kappa shape index (κ2) is 7.39. The van der Waals surface area contributed by atoms with Gasteiger partial charge in [0, 0.05) is 24.5 Å². The molecule has 5 nitrogen and oxygen atoms in total. The predicted molar refractivity (Wildman–Crippen MR) is 99.7 cm³/mol. The molecule has 0 saturated carbocycles. The Morgan fingerprint density at radius 2 is 2.00 bits per heavy atom. The molecule has 2 aromatic rings. The van der Waals surface area contributed by atoms with Gasteiger partial charge in [-0.3, -0.25) is 4.90 Å². The van der Waals surface area contributed by atoms with Gasteiger partial charge in [-0.05, 0) is 54.0 Å². The van der Waals surface area contributed by atoms with Crippen molar-refractivity contribution >= 4 is 17.3 Å². The lowest BCUT2D eigenvalue weighted by atomic mass is 9.85. The minimum Gasteiger partial charge on any atom is -0.482 e. The molecule has 3 heterocycles. The summed E-state index contributed by atoms with van der Waals surface area (Å²) in [5, 5.41) is 10.9. The number of rotatable bonds is 5. The number of carbonyl (C=O) groups is 1. The highest BCUT2D eigenvalue weighted by atomic mass is 32.1. The van der Waals surface area contributed by atoms with Crippen LogP contribution in [0, 0.1) is 0 Å². The van der Waals surface area contributed by atoms with Crippen LogP contribution in [0.2, 0.25) is 0 Å². The SMILES string of the molecule is O=C(O)COc1ccc(CN2CCC3(CC2)OCCc2ccsc23)cc1. The van der Waals surface area contributed by atoms with Gasteiger partial charge in [0.1, 0.15) is 11.4 Å². The van der Waals surface area contributed by atoms with E-state index in [4.69, 9.17) is 14.6 Å². The Bertz CT molecular complexity index is 762. The van der Waals surface area contributed by atoms with Crippen molar-refractivity contribution in [1.82, 2.24) is 4.90 Å². The van der Waals surface area contributed by atoms with Gasteiger partial charge in [0.25, 0.3) is 0 Å². The quantitative estimate of drug-likeness (QED) is 0.872. The van der Waals surface area contributed by atoms with Gasteiger partial charge < -0.3 is 14.6 Å². The van der Waals surface area contributed by atoms with Gasteiger partial charge in [0.05, 0.1) is 6.61 Å². The number of benzene rings is 1. The Morgan fingerprint density at radius 1 is 1.23 bits per heavy atom. The highest BCUT2D eigenvalue weighted by molar-refractivity contribution is 7.10. The summed E-state index contributed by atoms with van der Waals surface area (Å²) in [5.41, 5.74) is 2.63. The zero-order valence-corrected chi connectivity index (χ0v) is 15.5. The summed E-state index contributed by atoms with van der Waals surface area (Å²) in [6, 6.07) is 9.95. The average molecular weight is 373 g/mol. The molecule has 2 aliphatic rings. The number of aliphatic carboxylic acids is 1. The summed E-state index contributed by atoms with van der Waals surface area (Å²) >= 11 is 1.84. The van der Waals surface area contributed by atoms with E-state index in [1.165, 1.54) is 16.0 Å². The van der Waals surface area contributed by atoms with Crippen LogP contribution < -0.4 is 4.74 Å². The fourth-order valence-electron chi connectivity index (χ4n) is 3.89. The first-order valence-electron chi connectivity index (χ1n) is 9.01. The number of nitrogens with zero attached hydrogens (tertiary/aromatic N) is 1. The van der Waals surface area contributed by atoms with Crippen molar-refractivity contribution < 1.29 is 19.4 Å². The molecule has 6 heteroatoms. The van der Waals surface area contributed by atoms with E-state index in [0.717, 1.165) is 45.5 Å². The van der Waals surface area contributed by atoms with Crippen LogP contribution in [0.25, 0.3) is 0 Å². The van der Waals surface area contributed by atoms with Gasteiger partial charge in [0.2, 0.25) is 0 Å². The Kier molecular flexibility index (Phi) is 4.98. The van der Waals surface area contributed by atoms with E-state index in [1.807, 2.05) is 35.6 Å². The maximum absolute atomic E-state index is 10.5. The Hall–Kier alpha value is -1.89. The number of likely N-dealkylation sites (tertiary alicyclic amines) is 1. The third-order valence-electron chi connectivity index (χ3n) is 5.27. The topological polar surface area (TPSA) is 59.0 Å². The Morgan fingerprint density at radius 3 is 2.73 bits per heavy atom. The van der Waals surface area contributed by atoms with E-state index in [1.54, 1.807) is 0 Å². The standard InChI is InChI=1S/C20H23NO4S/c22-18(23)14-24-17-3-1-15(2-4-17)13-21-9-7-20(8-10-21)19-16(5-11-25-20)6-12-26-19/h1-4,6,12H,5,7-11,13-14H2,(H,22,23). The summed E-state index contributed by atoms with van der Waals surface area (Å²) < 4.78 is 11.5. The van der Waals surface area contributed by atoms with Crippen molar-refractivity contribution in [3.05, 3.63) is 51.7 Å². The minimum absolute atomic E-state index is 0.0627. The smallest absolute Gasteiger partial charge is 0.341 e. The van der Waals surface area contributed by atoms with Crippen LogP contribution in [0.15, 0.2) is 35.7 Å². The van der Waals surface area contributed by atoms with E-state index >= 15 is 0 Å². The van der Waals surface area contributed by atoms with Gasteiger partial charge in [-0.2, -0.15) is 0 Å². The average Bonchev–Trinajstić information content (AvgIpc) is 3.14. The fraction of sp³-hybridized carbons (Fsp3) is 0.450. The van der Waals surface area contributed by atoms with E-state index < -0.39 is 5.97 Å². The van der Waals surface area contributed by atoms with Crippen LogP contribution in [0.4, 0.5) is 0 Å². The molecule has 4 rings (SSSR count). The lowest BCUT2D eigenvalue weighted by Crippen LogP contribution is -2.45. The first kappa shape index (κ1) is 17.5. The van der Waals surface area contributed by atoms with Crippen LogP contribution in [0.5, 0.6) is 5.75 Å². The maximum Gasteiger partial charge on any atom is 0.341 e. The van der Waals surface area contributed by atoms with Gasteiger partial charge >= 0.3 is 5.97 Å². The molecule has 0 radical (unpaired) electrons. The molecule has 1 aromatic heterocycles. The van der Waals surface area contributed by atoms with Gasteiger partial charge in [-0.1, -0.05) is 12.1 Å². The van der Waals surface area contributed by atoms with Crippen molar-refractivity contribution in [2.24, 2.45) is 0 Å². The zero-order valence-electron chi connectivity index (χ0n) is 14.6. The van der Waals surface area contributed by atoms with Crippen molar-refractivity contribution in [2.45, 2.75) is 31.4 Å². The van der Waals surface area contributed by atoms with Crippen molar-refractivity contribution in [3.63, 3.8) is 0 Å². The van der Waals surface area contributed by atoms with Gasteiger partial charge in [-0.25, -0.2) is 4.79 Å². The number of ether oxygens (including phenoxy) is 2. The first-order chi connectivity index (χ1) is 12.6. The van der Waals surface area contributed by atoms with Gasteiger partial charge in [-0.15, -0.1) is 11.3 Å². The number of carboxylic acid groups (broad SMARTS) is 1. The molecule has 1 saturated heterocycles. The van der Waals surface area contributed by atoms with Crippen LogP contribution in [0.1, 0.15) is 28.8 Å². The number of carboxylic acids is 1. The lowest BCUT2D eigenvalue weighted by Gasteiger charge is -2.43. The second-order valence-corrected chi connectivity index (χ2v) is 7.89. The largest absolute Gasteiger partial charge is 0.482 e. The summed E-state index contributed by atoms with van der Waals surface area (Å²) in [4.78, 5) is 14.5. The number of piperidine rings is 1. The summed E-state index contributed by atoms with van der Waals surface area (Å²) in [6.45, 7) is 3.47.